The Hall–Kier alpha value is -1.67. The fourth-order valence-electron chi connectivity index (χ4n) is 1.62. The minimum Gasteiger partial charge on any atom is -0.467 e. The quantitative estimate of drug-likeness (QED) is 0.481. The number of rotatable bonds is 5. The summed E-state index contributed by atoms with van der Waals surface area (Å²) in [4.78, 5) is 22.2. The lowest BCUT2D eigenvalue weighted by Crippen LogP contribution is -2.41. The molecule has 0 heterocycles. The van der Waals surface area contributed by atoms with Crippen molar-refractivity contribution in [3.8, 4) is 0 Å². The SMILES string of the molecule is COC(=O)C(C)(C)Nc1c(Br)cc(CO)cc1[N+](=O)[O-]. The molecule has 0 radical (unpaired) electrons. The monoisotopic (exact) mass is 346 g/mol. The predicted octanol–water partition coefficient (Wildman–Crippen LogP) is 2.21. The van der Waals surface area contributed by atoms with Crippen LogP contribution >= 0.6 is 15.9 Å². The molecule has 0 aliphatic carbocycles. The maximum atomic E-state index is 11.6. The summed E-state index contributed by atoms with van der Waals surface area (Å²) >= 11 is 3.20. The van der Waals surface area contributed by atoms with Gasteiger partial charge in [-0.1, -0.05) is 0 Å². The zero-order valence-electron chi connectivity index (χ0n) is 11.3. The number of nitrogens with one attached hydrogen (secondary N) is 1. The molecular formula is C12H15BrN2O5. The van der Waals surface area contributed by atoms with Crippen molar-refractivity contribution in [2.45, 2.75) is 26.0 Å². The maximum Gasteiger partial charge on any atom is 0.330 e. The number of hydrogen-bond acceptors (Lipinski definition) is 6. The second kappa shape index (κ2) is 6.19. The lowest BCUT2D eigenvalue weighted by molar-refractivity contribution is -0.384. The number of benzene rings is 1. The van der Waals surface area contributed by atoms with Crippen LogP contribution in [0, 0.1) is 10.1 Å². The molecule has 0 aromatic heterocycles. The van der Waals surface area contributed by atoms with Gasteiger partial charge in [-0.3, -0.25) is 10.1 Å². The highest BCUT2D eigenvalue weighted by molar-refractivity contribution is 9.10. The molecule has 0 saturated carbocycles. The molecule has 0 bridgehead atoms. The van der Waals surface area contributed by atoms with E-state index in [-0.39, 0.29) is 18.0 Å². The Bertz CT molecular complexity index is 545. The van der Waals surface area contributed by atoms with Gasteiger partial charge >= 0.3 is 5.97 Å². The van der Waals surface area contributed by atoms with E-state index in [9.17, 15) is 14.9 Å². The van der Waals surface area contributed by atoms with Crippen LogP contribution in [0.1, 0.15) is 19.4 Å². The number of aliphatic hydroxyl groups is 1. The molecule has 0 unspecified atom stereocenters. The number of nitro benzene ring substituents is 1. The first kappa shape index (κ1) is 16.4. The molecule has 0 aliphatic heterocycles. The normalized spacial score (nSPS) is 11.1. The lowest BCUT2D eigenvalue weighted by Gasteiger charge is -2.25. The summed E-state index contributed by atoms with van der Waals surface area (Å²) in [7, 11) is 1.24. The van der Waals surface area contributed by atoms with E-state index in [0.717, 1.165) is 0 Å². The second-order valence-electron chi connectivity index (χ2n) is 4.63. The highest BCUT2D eigenvalue weighted by Crippen LogP contribution is 2.36. The van der Waals surface area contributed by atoms with Crippen LogP contribution in [0.5, 0.6) is 0 Å². The molecule has 7 nitrogen and oxygen atoms in total. The van der Waals surface area contributed by atoms with E-state index in [0.29, 0.717) is 10.0 Å². The zero-order valence-corrected chi connectivity index (χ0v) is 12.9. The number of methoxy groups -OCH3 is 1. The zero-order chi connectivity index (χ0) is 15.5. The maximum absolute atomic E-state index is 11.6. The van der Waals surface area contributed by atoms with E-state index in [1.807, 2.05) is 0 Å². The Morgan fingerprint density at radius 1 is 1.55 bits per heavy atom. The van der Waals surface area contributed by atoms with Gasteiger partial charge in [0.15, 0.2) is 0 Å². The Morgan fingerprint density at radius 2 is 2.15 bits per heavy atom. The number of carbonyl (C=O) groups excluding carboxylic acids is 1. The van der Waals surface area contributed by atoms with E-state index < -0.39 is 16.4 Å². The van der Waals surface area contributed by atoms with Crippen LogP contribution in [0.15, 0.2) is 16.6 Å². The summed E-state index contributed by atoms with van der Waals surface area (Å²) in [5, 5.41) is 23.0. The second-order valence-corrected chi connectivity index (χ2v) is 5.48. The van der Waals surface area contributed by atoms with Crippen molar-refractivity contribution < 1.29 is 19.6 Å². The van der Waals surface area contributed by atoms with Gasteiger partial charge in [0.1, 0.15) is 11.2 Å². The molecule has 0 saturated heterocycles. The molecule has 20 heavy (non-hydrogen) atoms. The summed E-state index contributed by atoms with van der Waals surface area (Å²) in [6, 6.07) is 2.79. The molecule has 1 rings (SSSR count). The first-order valence-electron chi connectivity index (χ1n) is 5.67. The molecule has 0 fully saturated rings. The van der Waals surface area contributed by atoms with E-state index in [4.69, 9.17) is 5.11 Å². The molecule has 0 spiro atoms. The number of hydrogen-bond donors (Lipinski definition) is 2. The third-order valence-corrected chi connectivity index (χ3v) is 3.27. The van der Waals surface area contributed by atoms with Crippen molar-refractivity contribution in [2.24, 2.45) is 0 Å². The predicted molar refractivity (Wildman–Crippen MR) is 76.4 cm³/mol. The van der Waals surface area contributed by atoms with Gasteiger partial charge in [0, 0.05) is 10.5 Å². The number of esters is 1. The molecular weight excluding hydrogens is 332 g/mol. The topological polar surface area (TPSA) is 102 Å². The summed E-state index contributed by atoms with van der Waals surface area (Å²) in [5.74, 6) is -0.551. The van der Waals surface area contributed by atoms with Crippen molar-refractivity contribution in [2.75, 3.05) is 12.4 Å². The Morgan fingerprint density at radius 3 is 2.60 bits per heavy atom. The molecule has 110 valence electrons. The van der Waals surface area contributed by atoms with Crippen LogP contribution in [-0.4, -0.2) is 28.6 Å². The molecule has 2 N–H and O–H groups in total. The number of halogens is 1. The van der Waals surface area contributed by atoms with Gasteiger partial charge in [-0.15, -0.1) is 0 Å². The van der Waals surface area contributed by atoms with Gasteiger partial charge in [-0.05, 0) is 41.4 Å². The first-order chi connectivity index (χ1) is 9.22. The van der Waals surface area contributed by atoms with Crippen molar-refractivity contribution >= 4 is 33.3 Å². The first-order valence-corrected chi connectivity index (χ1v) is 6.46. The van der Waals surface area contributed by atoms with Crippen LogP contribution in [0.3, 0.4) is 0 Å². The molecule has 8 heteroatoms. The molecule has 0 aliphatic rings. The Kier molecular flexibility index (Phi) is 5.07. The van der Waals surface area contributed by atoms with Gasteiger partial charge in [-0.2, -0.15) is 0 Å². The number of nitrogens with zero attached hydrogens (tertiary/aromatic N) is 1. The Balaban J connectivity index is 3.30. The third-order valence-electron chi connectivity index (χ3n) is 2.64. The van der Waals surface area contributed by atoms with Crippen LogP contribution in [0.4, 0.5) is 11.4 Å². The number of aliphatic hydroxyl groups excluding tert-OH is 1. The Labute approximate surface area is 124 Å². The average Bonchev–Trinajstić information content (AvgIpc) is 2.39. The standard InChI is InChI=1S/C12H15BrN2O5/c1-12(2,11(17)20-3)14-10-8(13)4-7(6-16)5-9(10)15(18)19/h4-5,14,16H,6H2,1-3H3. The van der Waals surface area contributed by atoms with Crippen LogP contribution in [0.25, 0.3) is 0 Å². The van der Waals surface area contributed by atoms with E-state index in [2.05, 4.69) is 26.0 Å². The van der Waals surface area contributed by atoms with E-state index >= 15 is 0 Å². The minimum absolute atomic E-state index is 0.155. The van der Waals surface area contributed by atoms with Crippen molar-refractivity contribution in [1.82, 2.24) is 0 Å². The highest BCUT2D eigenvalue weighted by Gasteiger charge is 2.32. The number of ether oxygens (including phenoxy) is 1. The van der Waals surface area contributed by atoms with Crippen molar-refractivity contribution in [1.29, 1.82) is 0 Å². The number of nitro groups is 1. The van der Waals surface area contributed by atoms with Gasteiger partial charge in [-0.25, -0.2) is 4.79 Å². The summed E-state index contributed by atoms with van der Waals surface area (Å²) in [5.41, 5.74) is -0.823. The van der Waals surface area contributed by atoms with Gasteiger partial charge < -0.3 is 15.2 Å². The third kappa shape index (κ3) is 3.45. The van der Waals surface area contributed by atoms with Gasteiger partial charge in [0.2, 0.25) is 0 Å². The van der Waals surface area contributed by atoms with Crippen LogP contribution < -0.4 is 5.32 Å². The smallest absolute Gasteiger partial charge is 0.330 e. The molecule has 0 amide bonds. The van der Waals surface area contributed by atoms with E-state index in [1.165, 1.54) is 13.2 Å². The number of anilines is 1. The van der Waals surface area contributed by atoms with Gasteiger partial charge in [0.25, 0.3) is 5.69 Å². The fraction of sp³-hybridized carbons (Fsp3) is 0.417. The largest absolute Gasteiger partial charge is 0.467 e. The fourth-order valence-corrected chi connectivity index (χ4v) is 2.22. The lowest BCUT2D eigenvalue weighted by atomic mass is 10.0. The van der Waals surface area contributed by atoms with Gasteiger partial charge in [0.05, 0.1) is 18.6 Å². The molecule has 0 atom stereocenters. The van der Waals surface area contributed by atoms with Crippen molar-refractivity contribution in [3.63, 3.8) is 0 Å². The minimum atomic E-state index is -1.14. The highest BCUT2D eigenvalue weighted by atomic mass is 79.9. The number of carbonyl (C=O) groups is 1. The summed E-state index contributed by atoms with van der Waals surface area (Å²) in [6.07, 6.45) is 0. The average molecular weight is 347 g/mol. The summed E-state index contributed by atoms with van der Waals surface area (Å²) < 4.78 is 5.03. The summed E-state index contributed by atoms with van der Waals surface area (Å²) in [6.45, 7) is 2.78. The van der Waals surface area contributed by atoms with E-state index in [1.54, 1.807) is 19.9 Å². The van der Waals surface area contributed by atoms with Crippen molar-refractivity contribution in [3.05, 3.63) is 32.3 Å². The molecule has 1 aromatic rings. The van der Waals surface area contributed by atoms with Crippen LogP contribution in [-0.2, 0) is 16.1 Å². The molecule has 1 aromatic carbocycles. The van der Waals surface area contributed by atoms with Crippen LogP contribution in [0.2, 0.25) is 0 Å².